The summed E-state index contributed by atoms with van der Waals surface area (Å²) in [7, 11) is 2.03. The zero-order valence-corrected chi connectivity index (χ0v) is 13.2. The minimum atomic E-state index is 0.303. The summed E-state index contributed by atoms with van der Waals surface area (Å²) in [6.45, 7) is 5.11. The SMILES string of the molecule is CNC(COC1CCCCCC1)c1cc(C)cc(C)c1. The van der Waals surface area contributed by atoms with Gasteiger partial charge in [-0.15, -0.1) is 0 Å². The molecule has 2 rings (SSSR count). The molecule has 1 N–H and O–H groups in total. The van der Waals surface area contributed by atoms with E-state index in [0.717, 1.165) is 6.61 Å². The van der Waals surface area contributed by atoms with Crippen LogP contribution in [0, 0.1) is 13.8 Å². The fraction of sp³-hybridized carbons (Fsp3) is 0.667. The molecular formula is C18H29NO. The van der Waals surface area contributed by atoms with Crippen LogP contribution in [0.25, 0.3) is 0 Å². The van der Waals surface area contributed by atoms with Crippen molar-refractivity contribution >= 4 is 0 Å². The Bertz CT molecular complexity index is 388. The lowest BCUT2D eigenvalue weighted by Crippen LogP contribution is -2.25. The fourth-order valence-electron chi connectivity index (χ4n) is 3.20. The zero-order chi connectivity index (χ0) is 14.4. The number of ether oxygens (including phenoxy) is 1. The molecule has 1 aliphatic carbocycles. The first kappa shape index (κ1) is 15.5. The molecule has 0 aliphatic heterocycles. The van der Waals surface area contributed by atoms with Gasteiger partial charge in [-0.05, 0) is 39.3 Å². The second-order valence-corrected chi connectivity index (χ2v) is 6.21. The predicted molar refractivity (Wildman–Crippen MR) is 85.2 cm³/mol. The van der Waals surface area contributed by atoms with Crippen molar-refractivity contribution in [2.75, 3.05) is 13.7 Å². The maximum Gasteiger partial charge on any atom is 0.0665 e. The largest absolute Gasteiger partial charge is 0.376 e. The van der Waals surface area contributed by atoms with Crippen molar-refractivity contribution in [3.63, 3.8) is 0 Å². The molecule has 0 spiro atoms. The Morgan fingerprint density at radius 2 is 1.65 bits per heavy atom. The van der Waals surface area contributed by atoms with Gasteiger partial charge in [0.25, 0.3) is 0 Å². The summed E-state index contributed by atoms with van der Waals surface area (Å²) in [5.41, 5.74) is 4.00. The van der Waals surface area contributed by atoms with Crippen LogP contribution in [-0.4, -0.2) is 19.8 Å². The van der Waals surface area contributed by atoms with Crippen molar-refractivity contribution in [3.05, 3.63) is 34.9 Å². The van der Waals surface area contributed by atoms with E-state index in [1.807, 2.05) is 7.05 Å². The van der Waals surface area contributed by atoms with E-state index >= 15 is 0 Å². The van der Waals surface area contributed by atoms with Crippen LogP contribution in [0.15, 0.2) is 18.2 Å². The van der Waals surface area contributed by atoms with Gasteiger partial charge in [0.1, 0.15) is 0 Å². The molecule has 0 bridgehead atoms. The van der Waals surface area contributed by atoms with Gasteiger partial charge in [0, 0.05) is 0 Å². The molecule has 2 nitrogen and oxygen atoms in total. The third-order valence-corrected chi connectivity index (χ3v) is 4.30. The summed E-state index contributed by atoms with van der Waals surface area (Å²) in [5, 5.41) is 3.40. The Hall–Kier alpha value is -0.860. The first-order valence-corrected chi connectivity index (χ1v) is 8.06. The van der Waals surface area contributed by atoms with E-state index in [0.29, 0.717) is 12.1 Å². The minimum absolute atomic E-state index is 0.303. The standard InChI is InChI=1S/C18H29NO/c1-14-10-15(2)12-16(11-14)18(19-3)13-20-17-8-6-4-5-7-9-17/h10-12,17-19H,4-9,13H2,1-3H3. The maximum atomic E-state index is 6.19. The summed E-state index contributed by atoms with van der Waals surface area (Å²) >= 11 is 0. The average molecular weight is 275 g/mol. The Labute approximate surface area is 123 Å². The molecule has 1 unspecified atom stereocenters. The second kappa shape index (κ2) is 7.80. The summed E-state index contributed by atoms with van der Waals surface area (Å²) in [6.07, 6.45) is 8.38. The van der Waals surface area contributed by atoms with Gasteiger partial charge in [-0.1, -0.05) is 55.0 Å². The van der Waals surface area contributed by atoms with E-state index in [1.165, 1.54) is 55.2 Å². The van der Waals surface area contributed by atoms with E-state index in [1.54, 1.807) is 0 Å². The van der Waals surface area contributed by atoms with Crippen LogP contribution in [0.2, 0.25) is 0 Å². The number of hydrogen-bond acceptors (Lipinski definition) is 2. The van der Waals surface area contributed by atoms with Crippen molar-refractivity contribution < 1.29 is 4.74 Å². The van der Waals surface area contributed by atoms with Gasteiger partial charge in [-0.3, -0.25) is 0 Å². The van der Waals surface area contributed by atoms with Crippen molar-refractivity contribution in [3.8, 4) is 0 Å². The lowest BCUT2D eigenvalue weighted by molar-refractivity contribution is 0.0300. The fourth-order valence-corrected chi connectivity index (χ4v) is 3.20. The Kier molecular flexibility index (Phi) is 6.06. The predicted octanol–water partition coefficient (Wildman–Crippen LogP) is 4.30. The van der Waals surface area contributed by atoms with Crippen molar-refractivity contribution in [2.24, 2.45) is 0 Å². The molecule has 1 aliphatic rings. The van der Waals surface area contributed by atoms with Crippen molar-refractivity contribution in [1.29, 1.82) is 0 Å². The summed E-state index contributed by atoms with van der Waals surface area (Å²) in [6, 6.07) is 7.06. The van der Waals surface area contributed by atoms with Crippen LogP contribution in [0.1, 0.15) is 61.3 Å². The Morgan fingerprint density at radius 1 is 1.05 bits per heavy atom. The first-order valence-electron chi connectivity index (χ1n) is 8.06. The topological polar surface area (TPSA) is 21.3 Å². The minimum Gasteiger partial charge on any atom is -0.376 e. The lowest BCUT2D eigenvalue weighted by Gasteiger charge is -2.22. The van der Waals surface area contributed by atoms with E-state index in [-0.39, 0.29) is 0 Å². The van der Waals surface area contributed by atoms with Gasteiger partial charge in [0.15, 0.2) is 0 Å². The number of likely N-dealkylation sites (N-methyl/N-ethyl adjacent to an activating group) is 1. The van der Waals surface area contributed by atoms with Crippen LogP contribution >= 0.6 is 0 Å². The molecule has 1 aromatic carbocycles. The maximum absolute atomic E-state index is 6.19. The number of benzene rings is 1. The molecule has 0 amide bonds. The Balaban J connectivity index is 1.94. The molecular weight excluding hydrogens is 246 g/mol. The highest BCUT2D eigenvalue weighted by atomic mass is 16.5. The van der Waals surface area contributed by atoms with E-state index in [9.17, 15) is 0 Å². The summed E-state index contributed by atoms with van der Waals surface area (Å²) in [4.78, 5) is 0. The number of nitrogens with one attached hydrogen (secondary N) is 1. The van der Waals surface area contributed by atoms with Gasteiger partial charge in [-0.2, -0.15) is 0 Å². The van der Waals surface area contributed by atoms with Crippen LogP contribution in [-0.2, 0) is 4.74 Å². The summed E-state index contributed by atoms with van der Waals surface area (Å²) < 4.78 is 6.19. The molecule has 1 atom stereocenters. The smallest absolute Gasteiger partial charge is 0.0665 e. The normalized spacial score (nSPS) is 18.8. The van der Waals surface area contributed by atoms with E-state index in [4.69, 9.17) is 4.74 Å². The summed E-state index contributed by atoms with van der Waals surface area (Å²) in [5.74, 6) is 0. The van der Waals surface area contributed by atoms with Gasteiger partial charge >= 0.3 is 0 Å². The number of hydrogen-bond donors (Lipinski definition) is 1. The van der Waals surface area contributed by atoms with Crippen LogP contribution in [0.3, 0.4) is 0 Å². The molecule has 1 aromatic rings. The molecule has 112 valence electrons. The molecule has 2 heteroatoms. The van der Waals surface area contributed by atoms with Crippen LogP contribution in [0.5, 0.6) is 0 Å². The van der Waals surface area contributed by atoms with Gasteiger partial charge in [0.05, 0.1) is 18.8 Å². The average Bonchev–Trinajstić information content (AvgIpc) is 2.67. The van der Waals surface area contributed by atoms with Crippen molar-refractivity contribution in [1.82, 2.24) is 5.32 Å². The molecule has 0 heterocycles. The van der Waals surface area contributed by atoms with Gasteiger partial charge in [0.2, 0.25) is 0 Å². The third kappa shape index (κ3) is 4.60. The van der Waals surface area contributed by atoms with E-state index in [2.05, 4.69) is 37.4 Å². The zero-order valence-electron chi connectivity index (χ0n) is 13.2. The van der Waals surface area contributed by atoms with Crippen LogP contribution in [0.4, 0.5) is 0 Å². The highest BCUT2D eigenvalue weighted by Gasteiger charge is 2.16. The lowest BCUT2D eigenvalue weighted by atomic mass is 10.0. The van der Waals surface area contributed by atoms with Crippen molar-refractivity contribution in [2.45, 2.75) is 64.5 Å². The molecule has 1 fully saturated rings. The first-order chi connectivity index (χ1) is 9.69. The molecule has 1 saturated carbocycles. The molecule has 0 aromatic heterocycles. The third-order valence-electron chi connectivity index (χ3n) is 4.30. The molecule has 0 saturated heterocycles. The van der Waals surface area contributed by atoms with Crippen LogP contribution < -0.4 is 5.32 Å². The van der Waals surface area contributed by atoms with Gasteiger partial charge < -0.3 is 10.1 Å². The highest BCUT2D eigenvalue weighted by Crippen LogP contribution is 2.22. The van der Waals surface area contributed by atoms with Gasteiger partial charge in [-0.25, -0.2) is 0 Å². The quantitative estimate of drug-likeness (QED) is 0.809. The highest BCUT2D eigenvalue weighted by molar-refractivity contribution is 5.30. The number of rotatable bonds is 5. The molecule has 0 radical (unpaired) electrons. The second-order valence-electron chi connectivity index (χ2n) is 6.21. The van der Waals surface area contributed by atoms with E-state index < -0.39 is 0 Å². The molecule has 20 heavy (non-hydrogen) atoms. The Morgan fingerprint density at radius 3 is 2.20 bits per heavy atom. The number of aryl methyl sites for hydroxylation is 2. The monoisotopic (exact) mass is 275 g/mol.